The summed E-state index contributed by atoms with van der Waals surface area (Å²) >= 11 is 2.25. The highest BCUT2D eigenvalue weighted by atomic mass is 127. The van der Waals surface area contributed by atoms with Crippen LogP contribution in [0.4, 0.5) is 4.79 Å². The summed E-state index contributed by atoms with van der Waals surface area (Å²) in [6.45, 7) is 0.202. The van der Waals surface area contributed by atoms with Gasteiger partial charge >= 0.3 is 6.09 Å². The first kappa shape index (κ1) is 12.2. The third-order valence-electron chi connectivity index (χ3n) is 2.57. The number of H-pyrrole nitrogens is 1. The minimum atomic E-state index is -1.06. The van der Waals surface area contributed by atoms with E-state index < -0.39 is 6.09 Å². The van der Waals surface area contributed by atoms with Crippen molar-refractivity contribution in [2.45, 2.75) is 6.04 Å². The first-order chi connectivity index (χ1) is 8.09. The van der Waals surface area contributed by atoms with Crippen LogP contribution in [0.5, 0.6) is 0 Å². The molecule has 1 atom stereocenters. The van der Waals surface area contributed by atoms with Gasteiger partial charge in [-0.05, 0) is 34.2 Å². The minimum Gasteiger partial charge on any atom is -0.465 e. The van der Waals surface area contributed by atoms with Crippen molar-refractivity contribution in [2.75, 3.05) is 6.54 Å². The quantitative estimate of drug-likeness (QED) is 0.642. The molecule has 0 aliphatic heterocycles. The summed E-state index contributed by atoms with van der Waals surface area (Å²) in [7, 11) is 0. The summed E-state index contributed by atoms with van der Waals surface area (Å²) in [5.41, 5.74) is 7.92. The molecule has 17 heavy (non-hydrogen) atoms. The Bertz CT molecular complexity index is 553. The van der Waals surface area contributed by atoms with E-state index >= 15 is 0 Å². The van der Waals surface area contributed by atoms with Crippen molar-refractivity contribution >= 4 is 39.6 Å². The Morgan fingerprint density at radius 1 is 1.59 bits per heavy atom. The van der Waals surface area contributed by atoms with Crippen molar-refractivity contribution in [1.82, 2.24) is 10.3 Å². The smallest absolute Gasteiger partial charge is 0.404 e. The predicted molar refractivity (Wildman–Crippen MR) is 74.0 cm³/mol. The van der Waals surface area contributed by atoms with E-state index in [9.17, 15) is 4.79 Å². The molecule has 5 nitrogen and oxygen atoms in total. The molecule has 1 aromatic carbocycles. The van der Waals surface area contributed by atoms with Gasteiger partial charge in [0.05, 0.1) is 5.52 Å². The van der Waals surface area contributed by atoms with Gasteiger partial charge < -0.3 is 21.1 Å². The summed E-state index contributed by atoms with van der Waals surface area (Å²) in [6, 6.07) is 5.59. The van der Waals surface area contributed by atoms with Gasteiger partial charge in [0.25, 0.3) is 0 Å². The van der Waals surface area contributed by atoms with Gasteiger partial charge in [0.1, 0.15) is 0 Å². The maximum Gasteiger partial charge on any atom is 0.404 e. The molecule has 2 rings (SSSR count). The van der Waals surface area contributed by atoms with E-state index in [1.807, 2.05) is 24.4 Å². The fourth-order valence-corrected chi connectivity index (χ4v) is 2.41. The molecule has 0 aliphatic rings. The zero-order chi connectivity index (χ0) is 12.4. The maximum atomic E-state index is 10.4. The molecule has 0 spiro atoms. The van der Waals surface area contributed by atoms with Crippen molar-refractivity contribution in [1.29, 1.82) is 0 Å². The van der Waals surface area contributed by atoms with Gasteiger partial charge in [-0.3, -0.25) is 0 Å². The van der Waals surface area contributed by atoms with E-state index in [1.165, 1.54) is 0 Å². The van der Waals surface area contributed by atoms with Gasteiger partial charge in [0.2, 0.25) is 0 Å². The summed E-state index contributed by atoms with van der Waals surface area (Å²) in [5, 5.41) is 11.9. The average Bonchev–Trinajstić information content (AvgIpc) is 2.71. The van der Waals surface area contributed by atoms with Crippen LogP contribution in [0.25, 0.3) is 10.9 Å². The van der Waals surface area contributed by atoms with Gasteiger partial charge in [-0.1, -0.05) is 12.1 Å². The molecular weight excluding hydrogens is 333 g/mol. The van der Waals surface area contributed by atoms with Crippen LogP contribution < -0.4 is 11.1 Å². The van der Waals surface area contributed by atoms with Crippen LogP contribution in [0.3, 0.4) is 0 Å². The molecule has 0 bridgehead atoms. The number of aromatic amines is 1. The molecule has 0 aliphatic carbocycles. The lowest BCUT2D eigenvalue weighted by Gasteiger charge is -2.10. The molecule has 1 heterocycles. The maximum absolute atomic E-state index is 10.4. The number of nitrogens with one attached hydrogen (secondary N) is 2. The second-order valence-corrected chi connectivity index (χ2v) is 4.86. The third kappa shape index (κ3) is 2.52. The first-order valence-corrected chi connectivity index (χ1v) is 6.15. The molecule has 0 saturated carbocycles. The summed E-state index contributed by atoms with van der Waals surface area (Å²) in [4.78, 5) is 13.6. The largest absolute Gasteiger partial charge is 0.465 e. The number of hydrogen-bond acceptors (Lipinski definition) is 2. The number of fused-ring (bicyclic) bond motifs is 1. The highest BCUT2D eigenvalue weighted by Crippen LogP contribution is 2.25. The SMILES string of the molecule is NC(CNC(=O)O)c1c[nH]c2c(I)cccc12. The van der Waals surface area contributed by atoms with E-state index in [0.29, 0.717) is 0 Å². The molecule has 0 saturated heterocycles. The van der Waals surface area contributed by atoms with Gasteiger partial charge in [-0.25, -0.2) is 4.79 Å². The zero-order valence-corrected chi connectivity index (χ0v) is 11.1. The predicted octanol–water partition coefficient (Wildman–Crippen LogP) is 2.04. The van der Waals surface area contributed by atoms with Gasteiger partial charge in [0.15, 0.2) is 0 Å². The lowest BCUT2D eigenvalue weighted by Crippen LogP contribution is -2.30. The van der Waals surface area contributed by atoms with Crippen molar-refractivity contribution in [2.24, 2.45) is 5.73 Å². The monoisotopic (exact) mass is 345 g/mol. The Labute approximate surface area is 112 Å². The van der Waals surface area contributed by atoms with E-state index in [-0.39, 0.29) is 12.6 Å². The molecule has 1 amide bonds. The molecule has 0 radical (unpaired) electrons. The number of para-hydroxylation sites is 1. The summed E-state index contributed by atoms with van der Waals surface area (Å²) in [5.74, 6) is 0. The van der Waals surface area contributed by atoms with Crippen LogP contribution in [0.2, 0.25) is 0 Å². The third-order valence-corrected chi connectivity index (χ3v) is 3.47. The molecule has 6 heteroatoms. The number of carboxylic acid groups (broad SMARTS) is 1. The van der Waals surface area contributed by atoms with Crippen molar-refractivity contribution in [3.05, 3.63) is 33.5 Å². The van der Waals surface area contributed by atoms with Crippen LogP contribution in [-0.2, 0) is 0 Å². The number of amides is 1. The molecule has 90 valence electrons. The number of nitrogens with two attached hydrogens (primary N) is 1. The van der Waals surface area contributed by atoms with Crippen molar-refractivity contribution in [3.8, 4) is 0 Å². The average molecular weight is 345 g/mol. The second kappa shape index (κ2) is 4.92. The Morgan fingerprint density at radius 3 is 3.06 bits per heavy atom. The number of benzene rings is 1. The van der Waals surface area contributed by atoms with Gasteiger partial charge in [0, 0.05) is 27.7 Å². The number of rotatable bonds is 3. The Kier molecular flexibility index (Phi) is 3.53. The normalized spacial score (nSPS) is 12.6. The van der Waals surface area contributed by atoms with Crippen LogP contribution in [0, 0.1) is 3.57 Å². The van der Waals surface area contributed by atoms with Gasteiger partial charge in [-0.15, -0.1) is 0 Å². The zero-order valence-electron chi connectivity index (χ0n) is 8.90. The molecular formula is C11H12IN3O2. The highest BCUT2D eigenvalue weighted by molar-refractivity contribution is 14.1. The van der Waals surface area contributed by atoms with Crippen LogP contribution in [-0.4, -0.2) is 22.7 Å². The van der Waals surface area contributed by atoms with Crippen molar-refractivity contribution in [3.63, 3.8) is 0 Å². The first-order valence-electron chi connectivity index (χ1n) is 5.07. The molecule has 1 unspecified atom stereocenters. The Balaban J connectivity index is 2.29. The van der Waals surface area contributed by atoms with Crippen LogP contribution in [0.15, 0.2) is 24.4 Å². The number of halogens is 1. The van der Waals surface area contributed by atoms with E-state index in [2.05, 4.69) is 32.9 Å². The number of carbonyl (C=O) groups is 1. The molecule has 1 aromatic heterocycles. The second-order valence-electron chi connectivity index (χ2n) is 3.70. The number of aromatic nitrogens is 1. The van der Waals surface area contributed by atoms with E-state index in [1.54, 1.807) is 0 Å². The van der Waals surface area contributed by atoms with Crippen LogP contribution >= 0.6 is 22.6 Å². The molecule has 0 fully saturated rings. The molecule has 5 N–H and O–H groups in total. The van der Waals surface area contributed by atoms with E-state index in [4.69, 9.17) is 10.8 Å². The van der Waals surface area contributed by atoms with Gasteiger partial charge in [-0.2, -0.15) is 0 Å². The topological polar surface area (TPSA) is 91.1 Å². The lowest BCUT2D eigenvalue weighted by molar-refractivity contribution is 0.193. The van der Waals surface area contributed by atoms with Crippen LogP contribution in [0.1, 0.15) is 11.6 Å². The Morgan fingerprint density at radius 2 is 2.35 bits per heavy atom. The summed E-state index contributed by atoms with van der Waals surface area (Å²) in [6.07, 6.45) is 0.774. The fourth-order valence-electron chi connectivity index (χ4n) is 1.75. The van der Waals surface area contributed by atoms with E-state index in [0.717, 1.165) is 20.0 Å². The summed E-state index contributed by atoms with van der Waals surface area (Å²) < 4.78 is 1.12. The Hall–Kier alpha value is -1.28. The fraction of sp³-hybridized carbons (Fsp3) is 0.182. The lowest BCUT2D eigenvalue weighted by atomic mass is 10.1. The standard InChI is InChI=1S/C11H12IN3O2/c12-8-3-1-2-6-7(4-14-10(6)8)9(13)5-15-11(16)17/h1-4,9,14-15H,5,13H2,(H,16,17). The van der Waals surface area contributed by atoms with Crippen molar-refractivity contribution < 1.29 is 9.90 Å². The molecule has 2 aromatic rings. The highest BCUT2D eigenvalue weighted by Gasteiger charge is 2.13. The number of hydrogen-bond donors (Lipinski definition) is 4. The minimum absolute atomic E-state index is 0.202.